The molecule has 0 atom stereocenters. The third kappa shape index (κ3) is 6.06. The van der Waals surface area contributed by atoms with Crippen molar-refractivity contribution in [3.05, 3.63) is 231 Å². The number of hydrogen-bond acceptors (Lipinski definition) is 2. The van der Waals surface area contributed by atoms with E-state index in [9.17, 15) is 0 Å². The lowest BCUT2D eigenvalue weighted by atomic mass is 9.97. The number of aromatic nitrogens is 1. The summed E-state index contributed by atoms with van der Waals surface area (Å²) in [5, 5.41) is 7.23. The highest BCUT2D eigenvalue weighted by Gasteiger charge is 2.17. The van der Waals surface area contributed by atoms with E-state index in [1.807, 2.05) is 12.1 Å². The summed E-state index contributed by atoms with van der Waals surface area (Å²) in [7, 11) is 0. The molecular weight excluding hydrogens is 741 g/mol. The smallest absolute Gasteiger partial charge is 0.135 e. The Morgan fingerprint density at radius 3 is 1.51 bits per heavy atom. The second-order valence-electron chi connectivity index (χ2n) is 15.8. The van der Waals surface area contributed by atoms with Crippen molar-refractivity contribution in [2.75, 3.05) is 4.90 Å². The van der Waals surface area contributed by atoms with Gasteiger partial charge >= 0.3 is 0 Å². The molecule has 12 aromatic rings. The van der Waals surface area contributed by atoms with Gasteiger partial charge in [0.2, 0.25) is 0 Å². The predicted octanol–water partition coefficient (Wildman–Crippen LogP) is 16.3. The predicted molar refractivity (Wildman–Crippen MR) is 257 cm³/mol. The molecule has 12 rings (SSSR count). The summed E-state index contributed by atoms with van der Waals surface area (Å²) in [6.45, 7) is 0. The van der Waals surface area contributed by atoms with Crippen LogP contribution in [0.1, 0.15) is 0 Å². The summed E-state index contributed by atoms with van der Waals surface area (Å²) in [5.74, 6) is 0. The summed E-state index contributed by atoms with van der Waals surface area (Å²) in [4.78, 5) is 2.34. The molecule has 0 aliphatic carbocycles. The number of anilines is 3. The molecule has 3 nitrogen and oxygen atoms in total. The van der Waals surface area contributed by atoms with E-state index in [0.717, 1.165) is 50.3 Å². The second kappa shape index (κ2) is 14.3. The van der Waals surface area contributed by atoms with Gasteiger partial charge in [0.15, 0.2) is 0 Å². The molecule has 3 heteroatoms. The molecule has 2 heterocycles. The maximum Gasteiger partial charge on any atom is 0.135 e. The molecule has 61 heavy (non-hydrogen) atoms. The zero-order valence-corrected chi connectivity index (χ0v) is 33.2. The highest BCUT2D eigenvalue weighted by molar-refractivity contribution is 6.09. The monoisotopic (exact) mass is 778 g/mol. The Morgan fingerprint density at radius 2 is 0.803 bits per heavy atom. The van der Waals surface area contributed by atoms with Crippen LogP contribution in [0.25, 0.3) is 93.6 Å². The Bertz CT molecular complexity index is 3540. The third-order valence-corrected chi connectivity index (χ3v) is 12.2. The molecule has 10 aromatic carbocycles. The standard InChI is InChI=1S/C58H38N2O/c1-2-12-42-36-46(24-23-39(42)11-1)44-14-9-13-43(35-44)40-25-29-47(30-26-40)59(50-33-34-58-54(38-50)53-19-5-8-22-57(53)61-58)48-31-27-41(28-32-48)45-15-10-16-49(37-45)60-55-20-6-3-17-51(55)52-18-4-7-21-56(52)60/h1-38H. The van der Waals surface area contributed by atoms with E-state index in [1.54, 1.807) is 0 Å². The first kappa shape index (κ1) is 34.9. The van der Waals surface area contributed by atoms with Crippen molar-refractivity contribution < 1.29 is 4.42 Å². The second-order valence-corrected chi connectivity index (χ2v) is 15.8. The van der Waals surface area contributed by atoms with Crippen LogP contribution in [-0.2, 0) is 0 Å². The van der Waals surface area contributed by atoms with Gasteiger partial charge in [-0.1, -0.05) is 146 Å². The molecule has 2 aromatic heterocycles. The van der Waals surface area contributed by atoms with Crippen molar-refractivity contribution >= 4 is 71.6 Å². The Kier molecular flexibility index (Phi) is 8.17. The minimum Gasteiger partial charge on any atom is -0.456 e. The first-order valence-electron chi connectivity index (χ1n) is 20.8. The van der Waals surface area contributed by atoms with Crippen LogP contribution in [0.2, 0.25) is 0 Å². The van der Waals surface area contributed by atoms with Crippen LogP contribution in [0.4, 0.5) is 17.1 Å². The zero-order chi connectivity index (χ0) is 40.3. The van der Waals surface area contributed by atoms with Gasteiger partial charge in [-0.25, -0.2) is 0 Å². The molecule has 0 N–H and O–H groups in total. The number of benzene rings is 10. The fourth-order valence-electron chi connectivity index (χ4n) is 9.18. The maximum absolute atomic E-state index is 6.25. The van der Waals surface area contributed by atoms with Crippen molar-refractivity contribution in [3.8, 4) is 39.1 Å². The van der Waals surface area contributed by atoms with E-state index >= 15 is 0 Å². The van der Waals surface area contributed by atoms with Crippen molar-refractivity contribution in [3.63, 3.8) is 0 Å². The minimum atomic E-state index is 0.880. The third-order valence-electron chi connectivity index (χ3n) is 12.2. The van der Waals surface area contributed by atoms with Crippen LogP contribution in [0.3, 0.4) is 0 Å². The molecule has 0 spiro atoms. The maximum atomic E-state index is 6.25. The largest absolute Gasteiger partial charge is 0.456 e. The first-order chi connectivity index (χ1) is 30.2. The van der Waals surface area contributed by atoms with Crippen LogP contribution in [0.5, 0.6) is 0 Å². The normalized spacial score (nSPS) is 11.6. The highest BCUT2D eigenvalue weighted by Crippen LogP contribution is 2.41. The van der Waals surface area contributed by atoms with Crippen LogP contribution in [-0.4, -0.2) is 4.57 Å². The molecule has 0 saturated heterocycles. The summed E-state index contributed by atoms with van der Waals surface area (Å²) in [6.07, 6.45) is 0. The molecule has 0 unspecified atom stereocenters. The molecule has 0 amide bonds. The number of fused-ring (bicyclic) bond motifs is 7. The summed E-state index contributed by atoms with van der Waals surface area (Å²) >= 11 is 0. The summed E-state index contributed by atoms with van der Waals surface area (Å²) in [5.41, 5.74) is 15.6. The van der Waals surface area contributed by atoms with Gasteiger partial charge in [0.05, 0.1) is 11.0 Å². The number of hydrogen-bond donors (Lipinski definition) is 0. The van der Waals surface area contributed by atoms with Gasteiger partial charge in [0.1, 0.15) is 11.2 Å². The molecule has 286 valence electrons. The summed E-state index contributed by atoms with van der Waals surface area (Å²) < 4.78 is 8.63. The first-order valence-corrected chi connectivity index (χ1v) is 20.8. The lowest BCUT2D eigenvalue weighted by Gasteiger charge is -2.26. The van der Waals surface area contributed by atoms with E-state index in [-0.39, 0.29) is 0 Å². The lowest BCUT2D eigenvalue weighted by molar-refractivity contribution is 0.669. The summed E-state index contributed by atoms with van der Waals surface area (Å²) in [6, 6.07) is 83.0. The van der Waals surface area contributed by atoms with Crippen LogP contribution < -0.4 is 4.90 Å². The van der Waals surface area contributed by atoms with Gasteiger partial charge < -0.3 is 13.9 Å². The zero-order valence-electron chi connectivity index (χ0n) is 33.2. The lowest BCUT2D eigenvalue weighted by Crippen LogP contribution is -2.09. The molecule has 0 saturated carbocycles. The molecular formula is C58H38N2O. The fraction of sp³-hybridized carbons (Fsp3) is 0. The van der Waals surface area contributed by atoms with E-state index in [2.05, 4.69) is 228 Å². The average Bonchev–Trinajstić information content (AvgIpc) is 3.88. The Balaban J connectivity index is 0.922. The van der Waals surface area contributed by atoms with Gasteiger partial charge in [-0.15, -0.1) is 0 Å². The average molecular weight is 779 g/mol. The van der Waals surface area contributed by atoms with Crippen LogP contribution in [0, 0.1) is 0 Å². The number of rotatable bonds is 7. The topological polar surface area (TPSA) is 21.3 Å². The fourth-order valence-corrected chi connectivity index (χ4v) is 9.18. The van der Waals surface area contributed by atoms with Crippen molar-refractivity contribution in [1.82, 2.24) is 4.57 Å². The van der Waals surface area contributed by atoms with E-state index in [0.29, 0.717) is 0 Å². The van der Waals surface area contributed by atoms with Gasteiger partial charge in [-0.2, -0.15) is 0 Å². The van der Waals surface area contributed by atoms with Gasteiger partial charge in [0, 0.05) is 44.3 Å². The van der Waals surface area contributed by atoms with Crippen molar-refractivity contribution in [1.29, 1.82) is 0 Å². The number of furan rings is 1. The Morgan fingerprint density at radius 1 is 0.295 bits per heavy atom. The molecule has 0 aliphatic heterocycles. The molecule has 0 aliphatic rings. The van der Waals surface area contributed by atoms with Crippen LogP contribution in [0.15, 0.2) is 235 Å². The SMILES string of the molecule is c1cc(-c2ccc(N(c3ccc(-c4cccc(-n5c6ccccc6c6ccccc65)c4)cc3)c3ccc4oc5ccccc5c4c3)cc2)cc(-c2ccc3ccccc3c2)c1. The van der Waals surface area contributed by atoms with Crippen molar-refractivity contribution in [2.24, 2.45) is 0 Å². The number of nitrogens with zero attached hydrogens (tertiary/aromatic N) is 2. The van der Waals surface area contributed by atoms with Crippen LogP contribution >= 0.6 is 0 Å². The van der Waals surface area contributed by atoms with Gasteiger partial charge in [-0.3, -0.25) is 0 Å². The minimum absolute atomic E-state index is 0.880. The molecule has 0 bridgehead atoms. The molecule has 0 radical (unpaired) electrons. The van der Waals surface area contributed by atoms with Gasteiger partial charge in [0.25, 0.3) is 0 Å². The Labute approximate surface area is 353 Å². The highest BCUT2D eigenvalue weighted by atomic mass is 16.3. The van der Waals surface area contributed by atoms with E-state index in [4.69, 9.17) is 4.42 Å². The Hall–Kier alpha value is -8.14. The number of para-hydroxylation sites is 3. The molecule has 0 fully saturated rings. The van der Waals surface area contributed by atoms with E-state index in [1.165, 1.54) is 60.4 Å². The van der Waals surface area contributed by atoms with E-state index < -0.39 is 0 Å². The quantitative estimate of drug-likeness (QED) is 0.161. The van der Waals surface area contributed by atoms with Gasteiger partial charge in [-0.05, 0) is 129 Å². The van der Waals surface area contributed by atoms with Crippen molar-refractivity contribution in [2.45, 2.75) is 0 Å².